The minimum Gasteiger partial charge on any atom is -0.450 e. The van der Waals surface area contributed by atoms with Gasteiger partial charge in [-0.3, -0.25) is 0 Å². The van der Waals surface area contributed by atoms with Crippen molar-refractivity contribution in [1.29, 1.82) is 0 Å². The highest BCUT2D eigenvalue weighted by atomic mass is 16.7. The molecule has 0 aliphatic carbocycles. The lowest BCUT2D eigenvalue weighted by Crippen LogP contribution is -2.34. The Morgan fingerprint density at radius 3 is 2.75 bits per heavy atom. The highest BCUT2D eigenvalue weighted by molar-refractivity contribution is 5.66. The van der Waals surface area contributed by atoms with E-state index in [0.717, 1.165) is 0 Å². The Kier molecular flexibility index (Phi) is 5.41. The van der Waals surface area contributed by atoms with Gasteiger partial charge in [-0.15, -0.1) is 5.43 Å². The van der Waals surface area contributed by atoms with Crippen LogP contribution < -0.4 is 10.7 Å². The molecule has 0 aromatic heterocycles. The molecule has 2 N–H and O–H groups in total. The van der Waals surface area contributed by atoms with Gasteiger partial charge >= 0.3 is 6.09 Å². The van der Waals surface area contributed by atoms with Crippen LogP contribution in [0.5, 0.6) is 0 Å². The van der Waals surface area contributed by atoms with Gasteiger partial charge in [0.25, 0.3) is 0 Å². The number of rotatable bonds is 5. The number of ether oxygens (including phenoxy) is 1. The Labute approximate surface area is 69.2 Å². The predicted octanol–water partition coefficient (Wildman–Crippen LogP) is -0.486. The number of hydrogen-bond acceptors (Lipinski definition) is 4. The summed E-state index contributed by atoms with van der Waals surface area (Å²) in [6.45, 7) is 2.20. The minimum atomic E-state index is -0.674. The summed E-state index contributed by atoms with van der Waals surface area (Å²) in [5.41, 5.74) is 1.89. The summed E-state index contributed by atoms with van der Waals surface area (Å²) < 4.78 is 4.50. The van der Waals surface area contributed by atoms with Gasteiger partial charge in [0.2, 0.25) is 0 Å². The number of carbonyl (C=O) groups excluding carboxylic acids is 1. The Balaban J connectivity index is 3.19. The second-order valence-corrected chi connectivity index (χ2v) is 1.81. The van der Waals surface area contributed by atoms with Crippen LogP contribution in [0.2, 0.25) is 0 Å². The second kappa shape index (κ2) is 6.20. The smallest absolute Gasteiger partial charge is 0.407 e. The molecule has 0 radical (unpaired) electrons. The SMILES string of the molecule is CCOC(=O)NCCN[N+](=O)[O-]. The molecular weight excluding hydrogens is 166 g/mol. The third kappa shape index (κ3) is 6.59. The number of hydrogen-bond donors (Lipinski definition) is 2. The van der Waals surface area contributed by atoms with Crippen LogP contribution in [0, 0.1) is 10.1 Å². The molecule has 0 atom stereocenters. The molecule has 0 spiro atoms. The summed E-state index contributed by atoms with van der Waals surface area (Å²) in [6.07, 6.45) is -0.567. The molecule has 0 bridgehead atoms. The third-order valence-electron chi connectivity index (χ3n) is 0.911. The van der Waals surface area contributed by atoms with Gasteiger partial charge < -0.3 is 10.1 Å². The molecule has 1 amide bonds. The van der Waals surface area contributed by atoms with Crippen LogP contribution in [-0.4, -0.2) is 30.8 Å². The summed E-state index contributed by atoms with van der Waals surface area (Å²) in [5, 5.41) is 11.4. The Morgan fingerprint density at radius 1 is 1.58 bits per heavy atom. The van der Waals surface area contributed by atoms with E-state index in [1.54, 1.807) is 6.92 Å². The van der Waals surface area contributed by atoms with E-state index in [1.165, 1.54) is 0 Å². The third-order valence-corrected chi connectivity index (χ3v) is 0.911. The molecule has 0 aliphatic rings. The summed E-state index contributed by atoms with van der Waals surface area (Å²) in [4.78, 5) is 20.3. The molecule has 0 saturated carbocycles. The maximum Gasteiger partial charge on any atom is 0.407 e. The van der Waals surface area contributed by atoms with Crippen molar-refractivity contribution in [1.82, 2.24) is 10.7 Å². The monoisotopic (exact) mass is 177 g/mol. The molecule has 7 heteroatoms. The predicted molar refractivity (Wildman–Crippen MR) is 40.0 cm³/mol. The van der Waals surface area contributed by atoms with E-state index < -0.39 is 11.1 Å². The fourth-order valence-corrected chi connectivity index (χ4v) is 0.494. The summed E-state index contributed by atoms with van der Waals surface area (Å²) in [7, 11) is 0. The van der Waals surface area contributed by atoms with Crippen molar-refractivity contribution >= 4 is 6.09 Å². The summed E-state index contributed by atoms with van der Waals surface area (Å²) >= 11 is 0. The molecule has 7 nitrogen and oxygen atoms in total. The number of hydrazine groups is 1. The average molecular weight is 177 g/mol. The minimum absolute atomic E-state index is 0.0752. The Bertz CT molecular complexity index is 161. The number of nitrogens with one attached hydrogen (secondary N) is 2. The van der Waals surface area contributed by atoms with E-state index in [-0.39, 0.29) is 19.7 Å². The van der Waals surface area contributed by atoms with Crippen molar-refractivity contribution in [2.24, 2.45) is 0 Å². The lowest BCUT2D eigenvalue weighted by Gasteiger charge is -2.02. The van der Waals surface area contributed by atoms with Gasteiger partial charge in [-0.05, 0) is 6.92 Å². The zero-order valence-corrected chi connectivity index (χ0v) is 6.70. The number of nitro groups is 1. The topological polar surface area (TPSA) is 93.5 Å². The van der Waals surface area contributed by atoms with Crippen molar-refractivity contribution in [2.75, 3.05) is 19.7 Å². The number of amides is 1. The quantitative estimate of drug-likeness (QED) is 0.336. The van der Waals surface area contributed by atoms with Crippen LogP contribution in [0.15, 0.2) is 0 Å². The Morgan fingerprint density at radius 2 is 2.25 bits per heavy atom. The van der Waals surface area contributed by atoms with Gasteiger partial charge in [0.05, 0.1) is 13.2 Å². The normalized spacial score (nSPS) is 8.75. The molecule has 0 aliphatic heterocycles. The van der Waals surface area contributed by atoms with Crippen molar-refractivity contribution in [3.63, 3.8) is 0 Å². The van der Waals surface area contributed by atoms with E-state index >= 15 is 0 Å². The molecule has 12 heavy (non-hydrogen) atoms. The van der Waals surface area contributed by atoms with E-state index in [2.05, 4.69) is 10.1 Å². The maximum absolute atomic E-state index is 10.6. The molecule has 0 heterocycles. The van der Waals surface area contributed by atoms with Crippen molar-refractivity contribution < 1.29 is 14.6 Å². The van der Waals surface area contributed by atoms with Gasteiger partial charge in [-0.2, -0.15) is 0 Å². The van der Waals surface area contributed by atoms with Crippen LogP contribution >= 0.6 is 0 Å². The van der Waals surface area contributed by atoms with E-state index in [1.807, 2.05) is 5.43 Å². The van der Waals surface area contributed by atoms with Gasteiger partial charge in [0.15, 0.2) is 5.03 Å². The second-order valence-electron chi connectivity index (χ2n) is 1.81. The average Bonchev–Trinajstić information content (AvgIpc) is 1.98. The van der Waals surface area contributed by atoms with Crippen LogP contribution in [0.1, 0.15) is 6.92 Å². The largest absolute Gasteiger partial charge is 0.450 e. The molecule has 0 aromatic rings. The van der Waals surface area contributed by atoms with E-state index in [0.29, 0.717) is 0 Å². The molecule has 0 unspecified atom stereocenters. The first kappa shape index (κ1) is 10.5. The molecule has 0 fully saturated rings. The fourth-order valence-electron chi connectivity index (χ4n) is 0.494. The Hall–Kier alpha value is -1.53. The maximum atomic E-state index is 10.6. The standard InChI is InChI=1S/C5H11N3O4/c1-2-12-5(9)6-3-4-7-8(10)11/h7H,2-4H2,1H3,(H,6,9). The molecule has 0 saturated heterocycles. The molecular formula is C5H11N3O4. The fraction of sp³-hybridized carbons (Fsp3) is 0.800. The zero-order valence-electron chi connectivity index (χ0n) is 6.70. The number of nitrogens with zero attached hydrogens (tertiary/aromatic N) is 1. The van der Waals surface area contributed by atoms with Crippen LogP contribution in [0.25, 0.3) is 0 Å². The first-order valence-electron chi connectivity index (χ1n) is 3.45. The summed E-state index contributed by atoms with van der Waals surface area (Å²) in [5.74, 6) is 0. The van der Waals surface area contributed by atoms with E-state index in [9.17, 15) is 14.9 Å². The number of carbonyl (C=O) groups is 1. The van der Waals surface area contributed by atoms with Gasteiger partial charge in [-0.1, -0.05) is 0 Å². The molecule has 70 valence electrons. The molecule has 0 rings (SSSR count). The first-order valence-corrected chi connectivity index (χ1v) is 3.45. The van der Waals surface area contributed by atoms with Gasteiger partial charge in [-0.25, -0.2) is 14.9 Å². The van der Waals surface area contributed by atoms with Gasteiger partial charge in [0.1, 0.15) is 0 Å². The lowest BCUT2D eigenvalue weighted by molar-refractivity contribution is -0.543. The van der Waals surface area contributed by atoms with Gasteiger partial charge in [0, 0.05) is 6.54 Å². The van der Waals surface area contributed by atoms with Crippen molar-refractivity contribution in [2.45, 2.75) is 6.92 Å². The van der Waals surface area contributed by atoms with Crippen LogP contribution in [-0.2, 0) is 4.74 Å². The van der Waals surface area contributed by atoms with Crippen LogP contribution in [0.3, 0.4) is 0 Å². The highest BCUT2D eigenvalue weighted by Gasteiger charge is 1.99. The number of alkyl carbamates (subject to hydrolysis) is 1. The highest BCUT2D eigenvalue weighted by Crippen LogP contribution is 1.73. The summed E-state index contributed by atoms with van der Waals surface area (Å²) in [6, 6.07) is 0. The van der Waals surface area contributed by atoms with Crippen molar-refractivity contribution in [3.05, 3.63) is 10.1 Å². The zero-order chi connectivity index (χ0) is 9.40. The van der Waals surface area contributed by atoms with E-state index in [4.69, 9.17) is 0 Å². The molecule has 0 aromatic carbocycles. The lowest BCUT2D eigenvalue weighted by atomic mass is 10.6. The van der Waals surface area contributed by atoms with Crippen molar-refractivity contribution in [3.8, 4) is 0 Å². The first-order chi connectivity index (χ1) is 5.66. The van der Waals surface area contributed by atoms with Crippen LogP contribution in [0.4, 0.5) is 4.79 Å².